The lowest BCUT2D eigenvalue weighted by atomic mass is 10.0. The van der Waals surface area contributed by atoms with Crippen LogP contribution in [0.15, 0.2) is 47.5 Å². The van der Waals surface area contributed by atoms with Gasteiger partial charge in [0.1, 0.15) is 0 Å². The van der Waals surface area contributed by atoms with Gasteiger partial charge in [-0.05, 0) is 55.2 Å². The Morgan fingerprint density at radius 1 is 1.32 bits per heavy atom. The molecule has 0 amide bonds. The number of pyridine rings is 1. The van der Waals surface area contributed by atoms with Crippen LogP contribution in [-0.4, -0.2) is 40.0 Å². The third-order valence-electron chi connectivity index (χ3n) is 5.26. The number of hydrogen-bond donors (Lipinski definition) is 2. The number of methoxy groups -OCH3 is 1. The molecular weight excluding hydrogens is 398 g/mol. The second kappa shape index (κ2) is 8.18. The van der Waals surface area contributed by atoms with E-state index in [1.165, 1.54) is 10.9 Å². The Balaban J connectivity index is 1.50. The van der Waals surface area contributed by atoms with Crippen LogP contribution < -0.4 is 11.0 Å². The van der Waals surface area contributed by atoms with Gasteiger partial charge in [-0.25, -0.2) is 14.5 Å². The second-order valence-electron chi connectivity index (χ2n) is 7.58. The second-order valence-corrected chi connectivity index (χ2v) is 7.58. The van der Waals surface area contributed by atoms with Crippen molar-refractivity contribution in [1.29, 1.82) is 5.26 Å². The van der Waals surface area contributed by atoms with E-state index in [9.17, 15) is 9.59 Å². The SMILES string of the molecule is COCC1(NOC(=O)c2ccc(-n3[nH]cc(-c4ccc(C#N)cc4C)c3=O)nc2)CC1. The third kappa shape index (κ3) is 4.12. The maximum atomic E-state index is 12.9. The fraction of sp³-hybridized carbons (Fsp3) is 0.273. The van der Waals surface area contributed by atoms with E-state index in [0.717, 1.165) is 24.0 Å². The zero-order valence-electron chi connectivity index (χ0n) is 17.1. The summed E-state index contributed by atoms with van der Waals surface area (Å²) >= 11 is 0. The zero-order valence-corrected chi connectivity index (χ0v) is 17.1. The van der Waals surface area contributed by atoms with Crippen molar-refractivity contribution >= 4 is 5.97 Å². The van der Waals surface area contributed by atoms with E-state index in [2.05, 4.69) is 21.6 Å². The van der Waals surface area contributed by atoms with Crippen LogP contribution in [0.5, 0.6) is 0 Å². The number of hydroxylamine groups is 1. The van der Waals surface area contributed by atoms with Crippen molar-refractivity contribution in [2.75, 3.05) is 13.7 Å². The number of nitriles is 1. The Labute approximate surface area is 178 Å². The first-order valence-corrected chi connectivity index (χ1v) is 9.72. The minimum absolute atomic E-state index is 0.257. The van der Waals surface area contributed by atoms with E-state index < -0.39 is 5.97 Å². The molecule has 3 aromatic rings. The van der Waals surface area contributed by atoms with Gasteiger partial charge in [-0.3, -0.25) is 9.89 Å². The Morgan fingerprint density at radius 2 is 2.13 bits per heavy atom. The van der Waals surface area contributed by atoms with Crippen LogP contribution in [0.3, 0.4) is 0 Å². The predicted octanol–water partition coefficient (Wildman–Crippen LogP) is 2.25. The van der Waals surface area contributed by atoms with E-state index in [1.54, 1.807) is 43.6 Å². The molecule has 1 aliphatic rings. The molecule has 0 saturated heterocycles. The average molecular weight is 419 g/mol. The zero-order chi connectivity index (χ0) is 22.0. The molecule has 1 fully saturated rings. The van der Waals surface area contributed by atoms with Gasteiger partial charge in [0.05, 0.1) is 34.9 Å². The summed E-state index contributed by atoms with van der Waals surface area (Å²) < 4.78 is 6.41. The fourth-order valence-electron chi connectivity index (χ4n) is 3.32. The first-order chi connectivity index (χ1) is 15.0. The Morgan fingerprint density at radius 3 is 2.74 bits per heavy atom. The number of benzene rings is 1. The molecule has 1 aliphatic carbocycles. The van der Waals surface area contributed by atoms with Crippen LogP contribution in [0.25, 0.3) is 16.9 Å². The molecule has 2 aromatic heterocycles. The largest absolute Gasteiger partial charge is 0.383 e. The van der Waals surface area contributed by atoms with Crippen molar-refractivity contribution in [1.82, 2.24) is 20.2 Å². The number of hydrogen-bond acceptors (Lipinski definition) is 7. The molecule has 1 saturated carbocycles. The quantitative estimate of drug-likeness (QED) is 0.563. The Bertz CT molecular complexity index is 1220. The number of aryl methyl sites for hydroxylation is 1. The molecule has 0 unspecified atom stereocenters. The molecular formula is C22H21N5O4. The predicted molar refractivity (Wildman–Crippen MR) is 111 cm³/mol. The lowest BCUT2D eigenvalue weighted by Gasteiger charge is -2.15. The maximum Gasteiger partial charge on any atom is 0.358 e. The number of ether oxygens (including phenoxy) is 1. The highest BCUT2D eigenvalue weighted by Crippen LogP contribution is 2.35. The molecule has 0 spiro atoms. The highest BCUT2D eigenvalue weighted by molar-refractivity contribution is 5.88. The smallest absolute Gasteiger partial charge is 0.358 e. The highest BCUT2D eigenvalue weighted by Gasteiger charge is 2.44. The first kappa shape index (κ1) is 20.5. The van der Waals surface area contributed by atoms with Gasteiger partial charge in [-0.2, -0.15) is 5.26 Å². The number of carbonyl (C=O) groups excluding carboxylic acids is 1. The molecule has 9 heteroatoms. The third-order valence-corrected chi connectivity index (χ3v) is 5.26. The number of H-pyrrole nitrogens is 1. The summed E-state index contributed by atoms with van der Waals surface area (Å²) in [4.78, 5) is 34.5. The van der Waals surface area contributed by atoms with Crippen LogP contribution in [0.1, 0.15) is 34.3 Å². The van der Waals surface area contributed by atoms with Gasteiger partial charge in [-0.1, -0.05) is 6.07 Å². The van der Waals surface area contributed by atoms with E-state index in [0.29, 0.717) is 23.6 Å². The van der Waals surface area contributed by atoms with Gasteiger partial charge in [-0.15, -0.1) is 5.48 Å². The van der Waals surface area contributed by atoms with Crippen molar-refractivity contribution in [3.8, 4) is 23.0 Å². The highest BCUT2D eigenvalue weighted by atomic mass is 16.7. The summed E-state index contributed by atoms with van der Waals surface area (Å²) in [7, 11) is 1.60. The molecule has 0 atom stereocenters. The number of nitrogens with one attached hydrogen (secondary N) is 2. The number of aromatic amines is 1. The maximum absolute atomic E-state index is 12.9. The van der Waals surface area contributed by atoms with Crippen LogP contribution in [0, 0.1) is 18.3 Å². The van der Waals surface area contributed by atoms with Gasteiger partial charge in [0.15, 0.2) is 5.82 Å². The van der Waals surface area contributed by atoms with Gasteiger partial charge >= 0.3 is 5.97 Å². The average Bonchev–Trinajstić information content (AvgIpc) is 3.45. The summed E-state index contributed by atoms with van der Waals surface area (Å²) in [6, 6.07) is 10.3. The van der Waals surface area contributed by atoms with Crippen LogP contribution >= 0.6 is 0 Å². The molecule has 2 N–H and O–H groups in total. The van der Waals surface area contributed by atoms with Gasteiger partial charge < -0.3 is 9.57 Å². The molecule has 4 rings (SSSR count). The van der Waals surface area contributed by atoms with Crippen LogP contribution in [-0.2, 0) is 9.57 Å². The summed E-state index contributed by atoms with van der Waals surface area (Å²) in [6.07, 6.45) is 4.70. The molecule has 158 valence electrons. The lowest BCUT2D eigenvalue weighted by Crippen LogP contribution is -2.37. The van der Waals surface area contributed by atoms with Gasteiger partial charge in [0.2, 0.25) is 0 Å². The summed E-state index contributed by atoms with van der Waals surface area (Å²) in [5.41, 5.74) is 5.00. The monoisotopic (exact) mass is 419 g/mol. The molecule has 0 radical (unpaired) electrons. The van der Waals surface area contributed by atoms with E-state index >= 15 is 0 Å². The van der Waals surface area contributed by atoms with Crippen molar-refractivity contribution in [2.45, 2.75) is 25.3 Å². The number of nitrogens with zero attached hydrogens (tertiary/aromatic N) is 3. The summed E-state index contributed by atoms with van der Waals surface area (Å²) in [5.74, 6) is -0.223. The minimum Gasteiger partial charge on any atom is -0.383 e. The normalized spacial score (nSPS) is 14.1. The number of aromatic nitrogens is 3. The molecule has 9 nitrogen and oxygen atoms in total. The fourth-order valence-corrected chi connectivity index (χ4v) is 3.32. The molecule has 1 aromatic carbocycles. The van der Waals surface area contributed by atoms with Crippen molar-refractivity contribution in [2.24, 2.45) is 0 Å². The van der Waals surface area contributed by atoms with Gasteiger partial charge in [0, 0.05) is 19.5 Å². The van der Waals surface area contributed by atoms with Crippen LogP contribution in [0.2, 0.25) is 0 Å². The standard InChI is InChI=1S/C22H21N5O4/c1-14-9-15(10-23)3-5-17(14)18-12-25-27(20(18)28)19-6-4-16(11-24-19)21(29)31-26-22(7-8-22)13-30-2/h3-6,9,11-12,25-26H,7-8,13H2,1-2H3. The van der Waals surface area contributed by atoms with Crippen molar-refractivity contribution < 1.29 is 14.4 Å². The lowest BCUT2D eigenvalue weighted by molar-refractivity contribution is -0.000785. The molecule has 0 aliphatic heterocycles. The Hall–Kier alpha value is -3.74. The topological polar surface area (TPSA) is 122 Å². The molecule has 31 heavy (non-hydrogen) atoms. The number of rotatable bonds is 7. The minimum atomic E-state index is -0.561. The van der Waals surface area contributed by atoms with E-state index in [4.69, 9.17) is 14.8 Å². The van der Waals surface area contributed by atoms with Gasteiger partial charge in [0.25, 0.3) is 5.56 Å². The first-order valence-electron chi connectivity index (χ1n) is 9.72. The molecule has 0 bridgehead atoms. The Kier molecular flexibility index (Phi) is 5.42. The summed E-state index contributed by atoms with van der Waals surface area (Å²) in [5, 5.41) is 11.9. The number of carbonyl (C=O) groups is 1. The van der Waals surface area contributed by atoms with Crippen molar-refractivity contribution in [3.63, 3.8) is 0 Å². The van der Waals surface area contributed by atoms with E-state index in [1.807, 2.05) is 6.92 Å². The summed E-state index contributed by atoms with van der Waals surface area (Å²) in [6.45, 7) is 2.31. The molecule has 2 heterocycles. The van der Waals surface area contributed by atoms with E-state index in [-0.39, 0.29) is 16.7 Å². The van der Waals surface area contributed by atoms with Crippen LogP contribution in [0.4, 0.5) is 0 Å². The van der Waals surface area contributed by atoms with Crippen molar-refractivity contribution in [3.05, 3.63) is 69.8 Å².